The highest BCUT2D eigenvalue weighted by molar-refractivity contribution is 5.78. The number of hydrogen-bond donors (Lipinski definition) is 4. The molecule has 23 heteroatoms. The summed E-state index contributed by atoms with van der Waals surface area (Å²) in [5, 5.41) is 30.4. The molecule has 0 spiro atoms. The van der Waals surface area contributed by atoms with Crippen molar-refractivity contribution in [1.82, 2.24) is 75.1 Å². The Hall–Kier alpha value is -6.99. The number of methoxy groups -OCH3 is 1. The van der Waals surface area contributed by atoms with Gasteiger partial charge in [0.1, 0.15) is 24.7 Å². The Labute approximate surface area is 691 Å². The number of likely N-dealkylation sites (tertiary alicyclic amines) is 2. The Bertz CT molecular complexity index is 3580. The molecule has 6 aromatic rings. The van der Waals surface area contributed by atoms with Crippen molar-refractivity contribution in [3.8, 4) is 11.5 Å². The van der Waals surface area contributed by atoms with E-state index in [1.54, 1.807) is 7.11 Å². The van der Waals surface area contributed by atoms with E-state index in [0.29, 0.717) is 118 Å². The molecule has 2 unspecified atom stereocenters. The van der Waals surface area contributed by atoms with Crippen molar-refractivity contribution in [3.63, 3.8) is 0 Å². The maximum Gasteiger partial charge on any atom is 0.223 e. The number of piperidine rings is 2. The number of carbonyl (C=O) groups is 3. The molecule has 23 nitrogen and oxygen atoms in total. The lowest BCUT2D eigenvalue weighted by Crippen LogP contribution is -2.45. The molecule has 3 amide bonds. The summed E-state index contributed by atoms with van der Waals surface area (Å²) >= 11 is 0. The van der Waals surface area contributed by atoms with Gasteiger partial charge in [-0.15, -0.1) is 0 Å². The number of aromatic nitrogens is 8. The molecule has 11 rings (SSSR count). The number of nitrogens with one attached hydrogen (secondary N) is 4. The molecule has 642 valence electrons. The quantitative estimate of drug-likeness (QED) is 0.0261. The number of rotatable bonds is 43. The van der Waals surface area contributed by atoms with Gasteiger partial charge in [0.2, 0.25) is 17.7 Å². The van der Waals surface area contributed by atoms with E-state index in [1.165, 1.54) is 102 Å². The highest BCUT2D eigenvalue weighted by atomic mass is 16.5. The molecule has 2 atom stereocenters. The van der Waals surface area contributed by atoms with E-state index in [4.69, 9.17) is 23.7 Å². The van der Waals surface area contributed by atoms with E-state index in [0.717, 1.165) is 187 Å². The number of carbonyl (C=O) groups excluding carboxylic acids is 3. The molecule has 2 saturated carbocycles. The Morgan fingerprint density at radius 3 is 1.35 bits per heavy atom. The van der Waals surface area contributed by atoms with E-state index >= 15 is 0 Å². The molecular formula is C92H151N15O8. The summed E-state index contributed by atoms with van der Waals surface area (Å²) in [6, 6.07) is 18.3. The van der Waals surface area contributed by atoms with Gasteiger partial charge in [0.25, 0.3) is 0 Å². The third kappa shape index (κ3) is 32.7. The summed E-state index contributed by atoms with van der Waals surface area (Å²) in [5.41, 5.74) is 11.5. The van der Waals surface area contributed by atoms with Crippen molar-refractivity contribution in [3.05, 3.63) is 130 Å². The topological polar surface area (TPSA) is 235 Å². The van der Waals surface area contributed by atoms with Crippen LogP contribution in [0, 0.1) is 17.8 Å². The van der Waals surface area contributed by atoms with Crippen molar-refractivity contribution < 1.29 is 38.1 Å². The number of aromatic amines is 4. The lowest BCUT2D eigenvalue weighted by Gasteiger charge is -2.39. The maximum absolute atomic E-state index is 13.3. The third-order valence-corrected chi connectivity index (χ3v) is 23.7. The van der Waals surface area contributed by atoms with Crippen LogP contribution in [0.3, 0.4) is 0 Å². The van der Waals surface area contributed by atoms with Gasteiger partial charge in [0, 0.05) is 173 Å². The zero-order valence-electron chi connectivity index (χ0n) is 73.3. The standard InChI is InChI=1S/C26H46N4O2.C26H41N3O4.C21H30N4O.C19H34N4O/c1-5-6-13-29(4)19-23-17-27-28-26(23)22-7-9-24(10-8-22)30(18-20(2)3)25(31)16-21-11-14-32-15-12-21;1-4-5-14-29(2)20-22-19-27-28-26(22)21-6-8-23(9-7-21)32-17-18-33-25-12-10-24(11-13-25)31-16-15-30-3;1-3-4-12-24(2)15-19-13-22-23-21(19)18-10-11-20(26)25(16-18)14-17-8-6-5-7-9-17;1-5-6-10-22(4)13-17-12-20-21-19(17)16-7-8-18(24)23(14-16)11-9-15(2)3/h17,20-22,24H,5-16,18-19H2,1-4H3,(H,27,28);10-13,19,21,23H,4-9,14-18,20H2,1-3H3,(H,27,28);5-9,13,18H,3-4,10-12,14-16H2,1-2H3,(H,22,23);12,15-16H,5-11,13-14H2,1-4H3,(H,20,21). The summed E-state index contributed by atoms with van der Waals surface area (Å²) in [5.74, 6) is 6.06. The number of hydrogen-bond acceptors (Lipinski definition) is 16. The summed E-state index contributed by atoms with van der Waals surface area (Å²) in [4.78, 5) is 53.7. The van der Waals surface area contributed by atoms with Gasteiger partial charge in [0.15, 0.2) is 0 Å². The number of benzene rings is 2. The molecule has 7 heterocycles. The third-order valence-electron chi connectivity index (χ3n) is 23.7. The SMILES string of the molecule is CCCCN(C)Cc1cn[nH]c1C1CCC(=O)N(CCC(C)C)C1.CCCCN(C)Cc1cn[nH]c1C1CCC(=O)N(Cc2ccccc2)C1.CCCCN(C)Cc1cn[nH]c1C1CCC(N(CC(C)C)C(=O)CC2CCOCC2)CC1.CCCCN(C)Cc1cn[nH]c1C1CCC(OCCOc2ccc(OCCOC)cc2)CC1. The first-order valence-corrected chi connectivity index (χ1v) is 44.6. The molecule has 0 radical (unpaired) electrons. The van der Waals surface area contributed by atoms with Crippen LogP contribution in [0.15, 0.2) is 79.4 Å². The summed E-state index contributed by atoms with van der Waals surface area (Å²) in [6.07, 6.45) is 34.0. The molecular weight excluding hydrogens is 1440 g/mol. The fraction of sp³-hybridized carbons (Fsp3) is 0.707. The van der Waals surface area contributed by atoms with Gasteiger partial charge in [-0.3, -0.25) is 34.8 Å². The van der Waals surface area contributed by atoms with Gasteiger partial charge < -0.3 is 58.0 Å². The molecule has 4 N–H and O–H groups in total. The minimum Gasteiger partial charge on any atom is -0.491 e. The lowest BCUT2D eigenvalue weighted by atomic mass is 9.82. The molecule has 2 aromatic carbocycles. The van der Waals surface area contributed by atoms with Crippen molar-refractivity contribution in [1.29, 1.82) is 0 Å². The van der Waals surface area contributed by atoms with Crippen molar-refractivity contribution >= 4 is 17.7 Å². The Morgan fingerprint density at radius 2 is 0.922 bits per heavy atom. The molecule has 2 aliphatic carbocycles. The second kappa shape index (κ2) is 52.0. The van der Waals surface area contributed by atoms with Gasteiger partial charge >= 0.3 is 0 Å². The van der Waals surface area contributed by atoms with Gasteiger partial charge in [-0.2, -0.15) is 20.4 Å². The maximum atomic E-state index is 13.3. The Morgan fingerprint density at radius 1 is 0.504 bits per heavy atom. The highest BCUT2D eigenvalue weighted by Crippen LogP contribution is 2.39. The molecule has 4 aromatic heterocycles. The van der Waals surface area contributed by atoms with E-state index in [2.05, 4.69) is 166 Å². The van der Waals surface area contributed by atoms with Gasteiger partial charge in [-0.25, -0.2) is 0 Å². The Kier molecular flexibility index (Phi) is 42.3. The van der Waals surface area contributed by atoms with Crippen LogP contribution in [-0.4, -0.2) is 232 Å². The first-order chi connectivity index (χ1) is 55.8. The smallest absolute Gasteiger partial charge is 0.223 e. The van der Waals surface area contributed by atoms with Crippen molar-refractivity contribution in [2.75, 3.05) is 127 Å². The number of unbranched alkanes of at least 4 members (excludes halogenated alkanes) is 4. The van der Waals surface area contributed by atoms with Crippen LogP contribution in [0.1, 0.15) is 284 Å². The number of H-pyrrole nitrogens is 4. The van der Waals surface area contributed by atoms with Gasteiger partial charge in [0.05, 0.1) is 44.1 Å². The van der Waals surface area contributed by atoms with Crippen LogP contribution in [-0.2, 0) is 61.3 Å². The summed E-state index contributed by atoms with van der Waals surface area (Å²) in [6.45, 7) is 34.0. The largest absolute Gasteiger partial charge is 0.491 e. The van der Waals surface area contributed by atoms with E-state index in [1.807, 2.05) is 72.2 Å². The molecule has 5 fully saturated rings. The van der Waals surface area contributed by atoms with E-state index in [9.17, 15) is 14.4 Å². The van der Waals surface area contributed by atoms with E-state index in [-0.39, 0.29) is 5.91 Å². The zero-order valence-corrected chi connectivity index (χ0v) is 73.3. The number of nitrogens with zero attached hydrogens (tertiary/aromatic N) is 11. The fourth-order valence-electron chi connectivity index (χ4n) is 16.9. The predicted molar refractivity (Wildman–Crippen MR) is 461 cm³/mol. The monoisotopic (exact) mass is 1590 g/mol. The zero-order chi connectivity index (χ0) is 82.1. The van der Waals surface area contributed by atoms with Crippen LogP contribution in [0.2, 0.25) is 0 Å². The second-order valence-corrected chi connectivity index (χ2v) is 34.6. The molecule has 0 bridgehead atoms. The lowest BCUT2D eigenvalue weighted by molar-refractivity contribution is -0.137. The minimum absolute atomic E-state index is 0.256. The summed E-state index contributed by atoms with van der Waals surface area (Å²) < 4.78 is 28.0. The van der Waals surface area contributed by atoms with Crippen molar-refractivity contribution in [2.24, 2.45) is 17.8 Å². The molecule has 5 aliphatic rings. The van der Waals surface area contributed by atoms with Crippen molar-refractivity contribution in [2.45, 2.75) is 278 Å². The average Bonchev–Trinajstić information content (AvgIpc) is 1.83. The van der Waals surface area contributed by atoms with Crippen LogP contribution < -0.4 is 9.47 Å². The fourth-order valence-corrected chi connectivity index (χ4v) is 16.9. The predicted octanol–water partition coefficient (Wildman–Crippen LogP) is 16.7. The molecule has 3 aliphatic heterocycles. The van der Waals surface area contributed by atoms with Crippen LogP contribution in [0.5, 0.6) is 11.5 Å². The van der Waals surface area contributed by atoms with Gasteiger partial charge in [-0.1, -0.05) is 111 Å². The minimum atomic E-state index is 0.256. The number of ether oxygens (including phenoxy) is 5. The highest BCUT2D eigenvalue weighted by Gasteiger charge is 2.35. The Balaban J connectivity index is 0.000000193. The average molecular weight is 1600 g/mol. The van der Waals surface area contributed by atoms with Crippen LogP contribution >= 0.6 is 0 Å². The number of amides is 3. The van der Waals surface area contributed by atoms with Crippen LogP contribution in [0.4, 0.5) is 0 Å². The summed E-state index contributed by atoms with van der Waals surface area (Å²) in [7, 11) is 10.4. The molecule has 3 saturated heterocycles. The first kappa shape index (κ1) is 93.5. The second-order valence-electron chi connectivity index (χ2n) is 34.6. The normalized spacial score (nSPS) is 19.6. The van der Waals surface area contributed by atoms with Gasteiger partial charge in [-0.05, 0) is 211 Å². The molecule has 115 heavy (non-hydrogen) atoms. The van der Waals surface area contributed by atoms with E-state index < -0.39 is 0 Å². The first-order valence-electron chi connectivity index (χ1n) is 44.6. The van der Waals surface area contributed by atoms with Crippen LogP contribution in [0.25, 0.3) is 0 Å².